The molecule has 0 bridgehead atoms. The highest BCUT2D eigenvalue weighted by Crippen LogP contribution is 2.44. The number of amides is 1. The Morgan fingerprint density at radius 1 is 1.42 bits per heavy atom. The van der Waals surface area contributed by atoms with Crippen LogP contribution in [0.25, 0.3) is 6.08 Å². The monoisotopic (exact) mass is 347 g/mol. The average molecular weight is 348 g/mol. The van der Waals surface area contributed by atoms with Gasteiger partial charge in [-0.2, -0.15) is 0 Å². The van der Waals surface area contributed by atoms with Gasteiger partial charge in [-0.1, -0.05) is 24.9 Å². The molecule has 2 aliphatic heterocycles. The van der Waals surface area contributed by atoms with Crippen LogP contribution in [0.5, 0.6) is 5.75 Å². The predicted octanol–water partition coefficient (Wildman–Crippen LogP) is 3.13. The summed E-state index contributed by atoms with van der Waals surface area (Å²) in [6, 6.07) is 5.41. The number of nitrogens with zero attached hydrogens (tertiary/aromatic N) is 1. The average Bonchev–Trinajstić information content (AvgIpc) is 2.79. The minimum Gasteiger partial charge on any atom is -0.488 e. The van der Waals surface area contributed by atoms with Gasteiger partial charge in [-0.15, -0.1) is 0 Å². The van der Waals surface area contributed by atoms with E-state index in [1.165, 1.54) is 6.42 Å². The minimum atomic E-state index is -0.731. The SMILES string of the molecule is C[C@@H]1CN(C(=O)C2=Cc3cc(Cl)ccc3OC2)C[C@@]1(O)C1CCC1. The Hall–Kier alpha value is -1.52. The molecule has 128 valence electrons. The summed E-state index contributed by atoms with van der Waals surface area (Å²) in [6.07, 6.45) is 5.18. The van der Waals surface area contributed by atoms with Crippen LogP contribution in [0.3, 0.4) is 0 Å². The van der Waals surface area contributed by atoms with Crippen LogP contribution in [0.1, 0.15) is 31.7 Å². The zero-order valence-corrected chi connectivity index (χ0v) is 14.6. The third-order valence-electron chi connectivity index (χ3n) is 5.85. The standard InChI is InChI=1S/C19H22ClNO3/c1-12-9-21(11-19(12,23)15-3-2-4-15)18(22)14-7-13-8-16(20)5-6-17(13)24-10-14/h5-8,12,15,23H,2-4,9-11H2,1H3/t12-,19+/m1/s1. The van der Waals surface area contributed by atoms with Gasteiger partial charge in [0.15, 0.2) is 0 Å². The van der Waals surface area contributed by atoms with E-state index in [4.69, 9.17) is 16.3 Å². The molecule has 5 heteroatoms. The van der Waals surface area contributed by atoms with Crippen LogP contribution in [0.4, 0.5) is 0 Å². The number of ether oxygens (including phenoxy) is 1. The van der Waals surface area contributed by atoms with E-state index in [-0.39, 0.29) is 18.4 Å². The first-order chi connectivity index (χ1) is 11.5. The molecule has 0 aromatic heterocycles. The Labute approximate surface area is 147 Å². The van der Waals surface area contributed by atoms with Gasteiger partial charge in [-0.3, -0.25) is 4.79 Å². The summed E-state index contributed by atoms with van der Waals surface area (Å²) in [6.45, 7) is 3.34. The van der Waals surface area contributed by atoms with Gasteiger partial charge in [-0.05, 0) is 43.0 Å². The molecule has 0 unspecified atom stereocenters. The Bertz CT molecular complexity index is 713. The van der Waals surface area contributed by atoms with Crippen LogP contribution in [-0.4, -0.2) is 41.2 Å². The maximum Gasteiger partial charge on any atom is 0.253 e. The van der Waals surface area contributed by atoms with Gasteiger partial charge < -0.3 is 14.7 Å². The molecule has 1 aliphatic carbocycles. The van der Waals surface area contributed by atoms with Crippen molar-refractivity contribution in [3.05, 3.63) is 34.4 Å². The first-order valence-corrected chi connectivity index (χ1v) is 9.00. The highest BCUT2D eigenvalue weighted by atomic mass is 35.5. The topological polar surface area (TPSA) is 49.8 Å². The fourth-order valence-corrected chi connectivity index (χ4v) is 4.26. The van der Waals surface area contributed by atoms with Crippen LogP contribution in [0, 0.1) is 11.8 Å². The van der Waals surface area contributed by atoms with Crippen molar-refractivity contribution in [2.75, 3.05) is 19.7 Å². The number of carbonyl (C=O) groups excluding carboxylic acids is 1. The van der Waals surface area contributed by atoms with Crippen LogP contribution in [-0.2, 0) is 4.79 Å². The van der Waals surface area contributed by atoms with Crippen LogP contribution in [0.15, 0.2) is 23.8 Å². The zero-order chi connectivity index (χ0) is 16.9. The van der Waals surface area contributed by atoms with E-state index in [1.54, 1.807) is 17.0 Å². The molecule has 1 saturated carbocycles. The summed E-state index contributed by atoms with van der Waals surface area (Å²) in [7, 11) is 0. The van der Waals surface area contributed by atoms with E-state index in [2.05, 4.69) is 0 Å². The lowest BCUT2D eigenvalue weighted by Crippen LogP contribution is -2.48. The molecule has 2 atom stereocenters. The smallest absolute Gasteiger partial charge is 0.253 e. The van der Waals surface area contributed by atoms with Crippen molar-refractivity contribution in [2.24, 2.45) is 11.8 Å². The van der Waals surface area contributed by atoms with Crippen molar-refractivity contribution in [3.63, 3.8) is 0 Å². The van der Waals surface area contributed by atoms with Gasteiger partial charge in [0.2, 0.25) is 0 Å². The van der Waals surface area contributed by atoms with Crippen LogP contribution >= 0.6 is 11.6 Å². The first-order valence-electron chi connectivity index (χ1n) is 8.62. The van der Waals surface area contributed by atoms with Crippen molar-refractivity contribution in [2.45, 2.75) is 31.8 Å². The molecular weight excluding hydrogens is 326 g/mol. The summed E-state index contributed by atoms with van der Waals surface area (Å²) in [5.41, 5.74) is 0.721. The fraction of sp³-hybridized carbons (Fsp3) is 0.526. The maximum atomic E-state index is 12.9. The third-order valence-corrected chi connectivity index (χ3v) is 6.09. The number of benzene rings is 1. The number of likely N-dealkylation sites (tertiary alicyclic amines) is 1. The number of carbonyl (C=O) groups is 1. The Balaban J connectivity index is 1.54. The van der Waals surface area contributed by atoms with E-state index in [1.807, 2.05) is 19.1 Å². The fourth-order valence-electron chi connectivity index (χ4n) is 4.08. The number of fused-ring (bicyclic) bond motifs is 1. The van der Waals surface area contributed by atoms with Crippen molar-refractivity contribution in [1.29, 1.82) is 0 Å². The van der Waals surface area contributed by atoms with Crippen molar-refractivity contribution >= 4 is 23.6 Å². The molecule has 0 spiro atoms. The van der Waals surface area contributed by atoms with Crippen molar-refractivity contribution in [3.8, 4) is 5.75 Å². The molecule has 2 fully saturated rings. The molecule has 4 nitrogen and oxygen atoms in total. The third kappa shape index (κ3) is 2.52. The molecular formula is C19H22ClNO3. The lowest BCUT2D eigenvalue weighted by Gasteiger charge is -2.41. The van der Waals surface area contributed by atoms with Crippen molar-refractivity contribution < 1.29 is 14.6 Å². The summed E-state index contributed by atoms with van der Waals surface area (Å²) in [4.78, 5) is 14.7. The van der Waals surface area contributed by atoms with Gasteiger partial charge in [0.05, 0.1) is 17.7 Å². The molecule has 1 N–H and O–H groups in total. The second-order valence-corrected chi connectivity index (χ2v) is 7.78. The number of hydrogen-bond acceptors (Lipinski definition) is 3. The summed E-state index contributed by atoms with van der Waals surface area (Å²) >= 11 is 6.03. The van der Waals surface area contributed by atoms with Crippen LogP contribution in [0.2, 0.25) is 5.02 Å². The van der Waals surface area contributed by atoms with Gasteiger partial charge in [0.1, 0.15) is 12.4 Å². The molecule has 0 radical (unpaired) electrons. The van der Waals surface area contributed by atoms with Gasteiger partial charge >= 0.3 is 0 Å². The Morgan fingerprint density at radius 2 is 2.21 bits per heavy atom. The number of aliphatic hydroxyl groups is 1. The Morgan fingerprint density at radius 3 is 2.92 bits per heavy atom. The van der Waals surface area contributed by atoms with Crippen molar-refractivity contribution in [1.82, 2.24) is 4.90 Å². The molecule has 1 saturated heterocycles. The Kier molecular flexibility index (Phi) is 3.85. The molecule has 24 heavy (non-hydrogen) atoms. The van der Waals surface area contributed by atoms with E-state index in [9.17, 15) is 9.90 Å². The number of halogens is 1. The van der Waals surface area contributed by atoms with Gasteiger partial charge in [0, 0.05) is 23.0 Å². The second kappa shape index (κ2) is 5.78. The molecule has 1 aromatic rings. The highest BCUT2D eigenvalue weighted by molar-refractivity contribution is 6.30. The largest absolute Gasteiger partial charge is 0.488 e. The zero-order valence-electron chi connectivity index (χ0n) is 13.8. The molecule has 1 amide bonds. The molecule has 1 aromatic carbocycles. The highest BCUT2D eigenvalue weighted by Gasteiger charge is 2.51. The van der Waals surface area contributed by atoms with Gasteiger partial charge in [0.25, 0.3) is 5.91 Å². The lowest BCUT2D eigenvalue weighted by molar-refractivity contribution is -0.128. The molecule has 2 heterocycles. The normalized spacial score (nSPS) is 29.5. The van der Waals surface area contributed by atoms with E-state index in [0.29, 0.717) is 29.6 Å². The maximum absolute atomic E-state index is 12.9. The summed E-state index contributed by atoms with van der Waals surface area (Å²) in [5.74, 6) is 1.15. The number of rotatable bonds is 2. The van der Waals surface area contributed by atoms with Crippen LogP contribution < -0.4 is 4.74 Å². The molecule has 3 aliphatic rings. The summed E-state index contributed by atoms with van der Waals surface area (Å²) < 4.78 is 5.69. The first kappa shape index (κ1) is 16.0. The predicted molar refractivity (Wildman–Crippen MR) is 93.0 cm³/mol. The van der Waals surface area contributed by atoms with E-state index >= 15 is 0 Å². The lowest BCUT2D eigenvalue weighted by atomic mass is 9.69. The number of β-amino-alcohol motifs (C(OH)–C–C–N with tert-alkyl or cyclic N) is 1. The molecule has 4 rings (SSSR count). The van der Waals surface area contributed by atoms with Gasteiger partial charge in [-0.25, -0.2) is 0 Å². The quantitative estimate of drug-likeness (QED) is 0.894. The second-order valence-electron chi connectivity index (χ2n) is 7.35. The number of hydrogen-bond donors (Lipinski definition) is 1. The van der Waals surface area contributed by atoms with E-state index in [0.717, 1.165) is 24.2 Å². The summed E-state index contributed by atoms with van der Waals surface area (Å²) in [5, 5.41) is 11.7. The minimum absolute atomic E-state index is 0.0391. The van der Waals surface area contributed by atoms with E-state index < -0.39 is 5.60 Å².